The quantitative estimate of drug-likeness (QED) is 0.781. The number of carbonyl (C=O) groups is 1. The monoisotopic (exact) mass is 412 g/mol. The molecule has 2 aromatic rings. The van der Waals surface area contributed by atoms with Gasteiger partial charge in [-0.05, 0) is 56.5 Å². The van der Waals surface area contributed by atoms with E-state index in [1.54, 1.807) is 6.20 Å². The average Bonchev–Trinajstić information content (AvgIpc) is 3.30. The van der Waals surface area contributed by atoms with E-state index in [0.29, 0.717) is 11.6 Å². The second kappa shape index (κ2) is 9.59. The van der Waals surface area contributed by atoms with Crippen molar-refractivity contribution in [2.45, 2.75) is 31.7 Å². The lowest BCUT2D eigenvalue weighted by atomic mass is 9.95. The van der Waals surface area contributed by atoms with Crippen LogP contribution >= 0.6 is 11.6 Å². The summed E-state index contributed by atoms with van der Waals surface area (Å²) in [5, 5.41) is 3.90. The summed E-state index contributed by atoms with van der Waals surface area (Å²) in [6.07, 6.45) is 5.88. The highest BCUT2D eigenvalue weighted by Crippen LogP contribution is 2.26. The van der Waals surface area contributed by atoms with Crippen LogP contribution in [0, 0.1) is 5.92 Å². The van der Waals surface area contributed by atoms with Crippen LogP contribution in [0.25, 0.3) is 0 Å². The van der Waals surface area contributed by atoms with Gasteiger partial charge in [-0.25, -0.2) is 4.98 Å². The van der Waals surface area contributed by atoms with E-state index < -0.39 is 0 Å². The van der Waals surface area contributed by atoms with Gasteiger partial charge in [0.15, 0.2) is 0 Å². The number of hydrogen-bond acceptors (Lipinski definition) is 4. The number of hydrogen-bond donors (Lipinski definition) is 1. The Morgan fingerprint density at radius 1 is 1.07 bits per heavy atom. The number of rotatable bonds is 6. The highest BCUT2D eigenvalue weighted by Gasteiger charge is 2.28. The molecule has 0 radical (unpaired) electrons. The minimum atomic E-state index is 0.0774. The summed E-state index contributed by atoms with van der Waals surface area (Å²) in [6.45, 7) is 4.60. The van der Waals surface area contributed by atoms with E-state index >= 15 is 0 Å². The summed E-state index contributed by atoms with van der Waals surface area (Å²) in [4.78, 5) is 22.0. The van der Waals surface area contributed by atoms with Crippen molar-refractivity contribution in [1.82, 2.24) is 15.2 Å². The number of likely N-dealkylation sites (tertiary alicyclic amines) is 1. The molecule has 1 atom stereocenters. The number of piperidine rings is 1. The van der Waals surface area contributed by atoms with Gasteiger partial charge in [0, 0.05) is 31.7 Å². The summed E-state index contributed by atoms with van der Waals surface area (Å²) in [7, 11) is 0. The van der Waals surface area contributed by atoms with Crippen LogP contribution in [0.15, 0.2) is 48.7 Å². The molecule has 0 saturated carbocycles. The molecule has 6 heteroatoms. The first-order chi connectivity index (χ1) is 14.2. The van der Waals surface area contributed by atoms with Crippen LogP contribution in [0.3, 0.4) is 0 Å². The molecule has 0 spiro atoms. The lowest BCUT2D eigenvalue weighted by Crippen LogP contribution is -2.43. The fourth-order valence-corrected chi connectivity index (χ4v) is 4.57. The molecular weight excluding hydrogens is 384 g/mol. The Bertz CT molecular complexity index is 784. The van der Waals surface area contributed by atoms with Crippen LogP contribution in [-0.2, 0) is 4.79 Å². The highest BCUT2D eigenvalue weighted by molar-refractivity contribution is 6.30. The summed E-state index contributed by atoms with van der Waals surface area (Å²) < 4.78 is 0. The molecule has 29 heavy (non-hydrogen) atoms. The first-order valence-corrected chi connectivity index (χ1v) is 11.0. The topological polar surface area (TPSA) is 48.5 Å². The molecule has 2 aliphatic heterocycles. The molecule has 1 aromatic heterocycles. The zero-order valence-corrected chi connectivity index (χ0v) is 17.5. The summed E-state index contributed by atoms with van der Waals surface area (Å²) in [6, 6.07) is 14.6. The van der Waals surface area contributed by atoms with Crippen molar-refractivity contribution in [3.63, 3.8) is 0 Å². The number of amides is 1. The second-order valence-corrected chi connectivity index (χ2v) is 8.45. The van der Waals surface area contributed by atoms with Gasteiger partial charge in [0.05, 0.1) is 11.1 Å². The predicted octanol–water partition coefficient (Wildman–Crippen LogP) is 3.90. The van der Waals surface area contributed by atoms with Gasteiger partial charge in [0.2, 0.25) is 5.91 Å². The fourth-order valence-electron chi connectivity index (χ4n) is 4.45. The minimum Gasteiger partial charge on any atom is -0.357 e. The van der Waals surface area contributed by atoms with E-state index in [-0.39, 0.29) is 17.9 Å². The van der Waals surface area contributed by atoms with Crippen LogP contribution in [0.5, 0.6) is 0 Å². The maximum Gasteiger partial charge on any atom is 0.223 e. The molecule has 4 rings (SSSR count). The molecule has 0 aliphatic carbocycles. The second-order valence-electron chi connectivity index (χ2n) is 8.01. The average molecular weight is 413 g/mol. The van der Waals surface area contributed by atoms with Gasteiger partial charge in [-0.1, -0.05) is 41.9 Å². The largest absolute Gasteiger partial charge is 0.357 e. The van der Waals surface area contributed by atoms with Crippen LogP contribution in [-0.4, -0.2) is 48.5 Å². The number of halogens is 1. The van der Waals surface area contributed by atoms with Crippen molar-refractivity contribution in [3.05, 3.63) is 59.2 Å². The Kier molecular flexibility index (Phi) is 6.67. The molecule has 0 bridgehead atoms. The summed E-state index contributed by atoms with van der Waals surface area (Å²) in [5.74, 6) is 1.20. The number of nitrogens with one attached hydrogen (secondary N) is 1. The molecule has 3 heterocycles. The third kappa shape index (κ3) is 5.09. The van der Waals surface area contributed by atoms with Gasteiger partial charge in [0.1, 0.15) is 5.82 Å². The predicted molar refractivity (Wildman–Crippen MR) is 117 cm³/mol. The van der Waals surface area contributed by atoms with Crippen molar-refractivity contribution in [2.24, 2.45) is 5.92 Å². The fraction of sp³-hybridized carbons (Fsp3) is 0.478. The van der Waals surface area contributed by atoms with E-state index in [2.05, 4.69) is 44.4 Å². The number of aromatic nitrogens is 1. The van der Waals surface area contributed by atoms with Crippen molar-refractivity contribution < 1.29 is 4.79 Å². The Hall–Kier alpha value is -2.11. The minimum absolute atomic E-state index is 0.0774. The normalized spacial score (nSPS) is 19.3. The maximum atomic E-state index is 12.9. The molecule has 154 valence electrons. The smallest absolute Gasteiger partial charge is 0.223 e. The molecule has 1 amide bonds. The van der Waals surface area contributed by atoms with Crippen LogP contribution in [0.1, 0.15) is 37.3 Å². The number of anilines is 1. The summed E-state index contributed by atoms with van der Waals surface area (Å²) in [5.41, 5.74) is 1.29. The number of pyridine rings is 1. The lowest BCUT2D eigenvalue weighted by molar-refractivity contribution is -0.125. The third-order valence-corrected chi connectivity index (χ3v) is 6.36. The van der Waals surface area contributed by atoms with Gasteiger partial charge in [-0.3, -0.25) is 9.69 Å². The van der Waals surface area contributed by atoms with Crippen LogP contribution < -0.4 is 10.2 Å². The van der Waals surface area contributed by atoms with Crippen molar-refractivity contribution in [3.8, 4) is 0 Å². The highest BCUT2D eigenvalue weighted by atomic mass is 35.5. The van der Waals surface area contributed by atoms with E-state index in [9.17, 15) is 4.79 Å². The van der Waals surface area contributed by atoms with E-state index in [0.717, 1.165) is 44.8 Å². The zero-order chi connectivity index (χ0) is 20.1. The van der Waals surface area contributed by atoms with E-state index in [1.807, 2.05) is 18.2 Å². The molecule has 2 saturated heterocycles. The Morgan fingerprint density at radius 3 is 2.45 bits per heavy atom. The third-order valence-electron chi connectivity index (χ3n) is 6.14. The molecule has 2 fully saturated rings. The first kappa shape index (κ1) is 20.2. The Labute approximate surface area is 178 Å². The number of nitrogens with zero attached hydrogens (tertiary/aromatic N) is 3. The van der Waals surface area contributed by atoms with E-state index in [4.69, 9.17) is 11.6 Å². The Balaban J connectivity index is 1.31. The van der Waals surface area contributed by atoms with Gasteiger partial charge in [-0.2, -0.15) is 0 Å². The molecule has 1 aromatic carbocycles. The van der Waals surface area contributed by atoms with Gasteiger partial charge >= 0.3 is 0 Å². The van der Waals surface area contributed by atoms with Gasteiger partial charge in [0.25, 0.3) is 0 Å². The number of benzene rings is 1. The zero-order valence-electron chi connectivity index (χ0n) is 16.8. The van der Waals surface area contributed by atoms with Crippen LogP contribution in [0.2, 0.25) is 5.02 Å². The molecule has 5 nitrogen and oxygen atoms in total. The SMILES string of the molecule is O=C(NCC(c1ccccc1)N1CCCC1)C1CCN(c2ccc(Cl)cn2)CC1. The Morgan fingerprint density at radius 2 is 1.79 bits per heavy atom. The maximum absolute atomic E-state index is 12.9. The van der Waals surface area contributed by atoms with Gasteiger partial charge < -0.3 is 10.2 Å². The standard InChI is InChI=1S/C23H29ClN4O/c24-20-8-9-22(25-16-20)28-14-10-19(11-15-28)23(29)26-17-21(27-12-4-5-13-27)18-6-2-1-3-7-18/h1-3,6-9,16,19,21H,4-5,10-15,17H2,(H,26,29). The number of carbonyl (C=O) groups excluding carboxylic acids is 1. The van der Waals surface area contributed by atoms with Crippen LogP contribution in [0.4, 0.5) is 5.82 Å². The van der Waals surface area contributed by atoms with E-state index in [1.165, 1.54) is 18.4 Å². The molecule has 2 aliphatic rings. The molecular formula is C23H29ClN4O. The lowest BCUT2D eigenvalue weighted by Gasteiger charge is -2.33. The first-order valence-electron chi connectivity index (χ1n) is 10.6. The molecule has 1 N–H and O–H groups in total. The van der Waals surface area contributed by atoms with Crippen molar-refractivity contribution in [2.75, 3.05) is 37.6 Å². The molecule has 1 unspecified atom stereocenters. The summed E-state index contributed by atoms with van der Waals surface area (Å²) >= 11 is 5.93. The van der Waals surface area contributed by atoms with Crippen molar-refractivity contribution in [1.29, 1.82) is 0 Å². The van der Waals surface area contributed by atoms with Crippen molar-refractivity contribution >= 4 is 23.3 Å². The van der Waals surface area contributed by atoms with Gasteiger partial charge in [-0.15, -0.1) is 0 Å².